The number of rotatable bonds is 2. The van der Waals surface area contributed by atoms with Crippen molar-refractivity contribution in [1.29, 1.82) is 0 Å². The maximum atomic E-state index is 13.5. The quantitative estimate of drug-likeness (QED) is 0.767. The highest BCUT2D eigenvalue weighted by Crippen LogP contribution is 2.28. The molecule has 16 heavy (non-hydrogen) atoms. The summed E-state index contributed by atoms with van der Waals surface area (Å²) in [6.45, 7) is 0. The lowest BCUT2D eigenvalue weighted by atomic mass is 10.2. The predicted octanol–water partition coefficient (Wildman–Crippen LogP) is 2.96. The Morgan fingerprint density at radius 3 is 2.56 bits per heavy atom. The number of nitrogens with zero attached hydrogens (tertiary/aromatic N) is 1. The second-order valence-electron chi connectivity index (χ2n) is 3.89. The summed E-state index contributed by atoms with van der Waals surface area (Å²) < 4.78 is 26.7. The third-order valence-corrected chi connectivity index (χ3v) is 3.26. The van der Waals surface area contributed by atoms with E-state index in [2.05, 4.69) is 15.9 Å². The largest absolute Gasteiger partial charge is 0.339 e. The van der Waals surface area contributed by atoms with Crippen LogP contribution in [0.15, 0.2) is 16.6 Å². The van der Waals surface area contributed by atoms with E-state index < -0.39 is 17.5 Å². The third kappa shape index (κ3) is 2.09. The molecule has 86 valence electrons. The van der Waals surface area contributed by atoms with Gasteiger partial charge in [-0.15, -0.1) is 0 Å². The topological polar surface area (TPSA) is 20.3 Å². The summed E-state index contributed by atoms with van der Waals surface area (Å²) in [5.74, 6) is -1.80. The molecule has 0 unspecified atom stereocenters. The Labute approximate surface area is 100 Å². The molecule has 0 N–H and O–H groups in total. The second kappa shape index (κ2) is 4.13. The van der Waals surface area contributed by atoms with E-state index in [4.69, 9.17) is 0 Å². The molecular formula is C11H10BrF2NO. The lowest BCUT2D eigenvalue weighted by Gasteiger charge is -2.16. The van der Waals surface area contributed by atoms with E-state index in [1.807, 2.05) is 0 Å². The van der Waals surface area contributed by atoms with Crippen molar-refractivity contribution >= 4 is 21.8 Å². The van der Waals surface area contributed by atoms with Gasteiger partial charge in [-0.2, -0.15) is 0 Å². The molecule has 1 saturated carbocycles. The first kappa shape index (κ1) is 11.5. The van der Waals surface area contributed by atoms with Crippen LogP contribution in [0.1, 0.15) is 23.2 Å². The molecule has 0 bridgehead atoms. The lowest BCUT2D eigenvalue weighted by molar-refractivity contribution is 0.0780. The van der Waals surface area contributed by atoms with Gasteiger partial charge in [-0.1, -0.05) is 0 Å². The molecule has 1 aliphatic rings. The van der Waals surface area contributed by atoms with E-state index in [1.165, 1.54) is 4.90 Å². The lowest BCUT2D eigenvalue weighted by Crippen LogP contribution is -2.29. The smallest absolute Gasteiger partial charge is 0.256 e. The fraction of sp³-hybridized carbons (Fsp3) is 0.364. The molecule has 1 aliphatic carbocycles. The fourth-order valence-corrected chi connectivity index (χ4v) is 1.82. The van der Waals surface area contributed by atoms with Crippen molar-refractivity contribution in [3.05, 3.63) is 33.8 Å². The highest BCUT2D eigenvalue weighted by atomic mass is 79.9. The van der Waals surface area contributed by atoms with Gasteiger partial charge < -0.3 is 4.90 Å². The molecule has 0 radical (unpaired) electrons. The Morgan fingerprint density at radius 2 is 2.00 bits per heavy atom. The Hall–Kier alpha value is -0.970. The van der Waals surface area contributed by atoms with Crippen molar-refractivity contribution in [2.75, 3.05) is 7.05 Å². The Morgan fingerprint density at radius 1 is 1.38 bits per heavy atom. The molecule has 0 aromatic heterocycles. The van der Waals surface area contributed by atoms with Crippen LogP contribution >= 0.6 is 15.9 Å². The van der Waals surface area contributed by atoms with E-state index in [1.54, 1.807) is 7.05 Å². The van der Waals surface area contributed by atoms with Crippen LogP contribution in [0.3, 0.4) is 0 Å². The third-order valence-electron chi connectivity index (χ3n) is 2.66. The maximum absolute atomic E-state index is 13.5. The molecule has 0 spiro atoms. The Bertz CT molecular complexity index is 446. The number of hydrogen-bond donors (Lipinski definition) is 0. The van der Waals surface area contributed by atoms with Gasteiger partial charge in [0.25, 0.3) is 5.91 Å². The molecule has 2 nitrogen and oxygen atoms in total. The predicted molar refractivity (Wildman–Crippen MR) is 59.2 cm³/mol. The average molecular weight is 290 g/mol. The molecule has 0 saturated heterocycles. The minimum atomic E-state index is -0.703. The molecule has 1 amide bonds. The van der Waals surface area contributed by atoms with Crippen molar-refractivity contribution in [2.24, 2.45) is 0 Å². The van der Waals surface area contributed by atoms with Crippen LogP contribution in [0.4, 0.5) is 8.78 Å². The number of hydrogen-bond acceptors (Lipinski definition) is 1. The van der Waals surface area contributed by atoms with Gasteiger partial charge in [0.05, 0.1) is 10.0 Å². The van der Waals surface area contributed by atoms with E-state index in [0.29, 0.717) is 0 Å². The zero-order valence-corrected chi connectivity index (χ0v) is 10.2. The van der Waals surface area contributed by atoms with Crippen molar-refractivity contribution < 1.29 is 13.6 Å². The molecule has 1 aromatic rings. The monoisotopic (exact) mass is 289 g/mol. The summed E-state index contributed by atoms with van der Waals surface area (Å²) >= 11 is 2.87. The zero-order valence-electron chi connectivity index (χ0n) is 8.64. The Balaban J connectivity index is 2.32. The van der Waals surface area contributed by atoms with Crippen molar-refractivity contribution in [3.63, 3.8) is 0 Å². The highest BCUT2D eigenvalue weighted by molar-refractivity contribution is 9.10. The van der Waals surface area contributed by atoms with Crippen LogP contribution in [-0.4, -0.2) is 23.9 Å². The minimum absolute atomic E-state index is 0.0237. The average Bonchev–Trinajstić information content (AvgIpc) is 3.05. The standard InChI is InChI=1S/C11H10BrF2NO/c1-15(6-2-3-6)11(16)7-4-10(14)8(12)5-9(7)13/h4-6H,2-3H2,1H3. The Kier molecular flexibility index (Phi) is 2.97. The molecule has 1 aromatic carbocycles. The number of amides is 1. The van der Waals surface area contributed by atoms with Gasteiger partial charge in [0.15, 0.2) is 0 Å². The fourth-order valence-electron chi connectivity index (χ4n) is 1.50. The van der Waals surface area contributed by atoms with Crippen LogP contribution in [-0.2, 0) is 0 Å². The van der Waals surface area contributed by atoms with Crippen molar-refractivity contribution in [1.82, 2.24) is 4.90 Å². The number of benzene rings is 1. The highest BCUT2D eigenvalue weighted by Gasteiger charge is 2.31. The van der Waals surface area contributed by atoms with Gasteiger partial charge in [-0.05, 0) is 40.9 Å². The molecule has 2 rings (SSSR count). The van der Waals surface area contributed by atoms with Gasteiger partial charge in [0.2, 0.25) is 0 Å². The number of halogens is 3. The summed E-state index contributed by atoms with van der Waals surface area (Å²) in [7, 11) is 1.61. The van der Waals surface area contributed by atoms with Crippen LogP contribution in [0.25, 0.3) is 0 Å². The van der Waals surface area contributed by atoms with Crippen molar-refractivity contribution in [2.45, 2.75) is 18.9 Å². The number of carbonyl (C=O) groups excluding carboxylic acids is 1. The molecule has 0 aliphatic heterocycles. The summed E-state index contributed by atoms with van der Waals surface area (Å²) in [5, 5.41) is 0. The van der Waals surface area contributed by atoms with Crippen LogP contribution in [0, 0.1) is 11.6 Å². The molecule has 0 heterocycles. The summed E-state index contributed by atoms with van der Waals surface area (Å²) in [6.07, 6.45) is 1.87. The summed E-state index contributed by atoms with van der Waals surface area (Å²) in [6, 6.07) is 2.09. The summed E-state index contributed by atoms with van der Waals surface area (Å²) in [5.41, 5.74) is -0.213. The SMILES string of the molecule is CN(C(=O)c1cc(F)c(Br)cc1F)C1CC1. The minimum Gasteiger partial charge on any atom is -0.339 e. The van der Waals surface area contributed by atoms with Crippen LogP contribution in [0.5, 0.6) is 0 Å². The van der Waals surface area contributed by atoms with E-state index in [9.17, 15) is 13.6 Å². The zero-order chi connectivity index (χ0) is 11.9. The second-order valence-corrected chi connectivity index (χ2v) is 4.75. The maximum Gasteiger partial charge on any atom is 0.256 e. The molecule has 1 fully saturated rings. The van der Waals surface area contributed by atoms with Crippen molar-refractivity contribution in [3.8, 4) is 0 Å². The van der Waals surface area contributed by atoms with E-state index >= 15 is 0 Å². The number of carbonyl (C=O) groups is 1. The van der Waals surface area contributed by atoms with Crippen LogP contribution < -0.4 is 0 Å². The first-order chi connectivity index (χ1) is 7.50. The van der Waals surface area contributed by atoms with Crippen LogP contribution in [0.2, 0.25) is 0 Å². The van der Waals surface area contributed by atoms with Gasteiger partial charge in [-0.3, -0.25) is 4.79 Å². The van der Waals surface area contributed by atoms with Gasteiger partial charge in [0, 0.05) is 13.1 Å². The molecule has 0 atom stereocenters. The first-order valence-corrected chi connectivity index (χ1v) is 5.71. The normalized spacial score (nSPS) is 15.0. The van der Waals surface area contributed by atoms with Gasteiger partial charge in [-0.25, -0.2) is 8.78 Å². The van der Waals surface area contributed by atoms with E-state index in [-0.39, 0.29) is 16.1 Å². The van der Waals surface area contributed by atoms with Gasteiger partial charge in [0.1, 0.15) is 11.6 Å². The first-order valence-electron chi connectivity index (χ1n) is 4.92. The van der Waals surface area contributed by atoms with Gasteiger partial charge >= 0.3 is 0 Å². The molecule has 5 heteroatoms. The summed E-state index contributed by atoms with van der Waals surface area (Å²) in [4.78, 5) is 13.3. The molecular weight excluding hydrogens is 280 g/mol. The van der Waals surface area contributed by atoms with E-state index in [0.717, 1.165) is 25.0 Å².